The lowest BCUT2D eigenvalue weighted by molar-refractivity contribution is -0.00502. The van der Waals surface area contributed by atoms with Crippen LogP contribution in [0.15, 0.2) is 29.3 Å². The maximum absolute atomic E-state index is 6.20. The fraction of sp³-hybridized carbons (Fsp3) is 0.650. The van der Waals surface area contributed by atoms with Crippen LogP contribution in [0, 0.1) is 0 Å². The molecule has 1 fully saturated rings. The van der Waals surface area contributed by atoms with E-state index in [4.69, 9.17) is 21.1 Å². The Hall–Kier alpha value is -1.50. The van der Waals surface area contributed by atoms with E-state index < -0.39 is 0 Å². The lowest BCUT2D eigenvalue weighted by Crippen LogP contribution is -2.57. The molecule has 1 aliphatic heterocycles. The van der Waals surface area contributed by atoms with Gasteiger partial charge in [-0.25, -0.2) is 0 Å². The number of ether oxygens (including phenoxy) is 2. The van der Waals surface area contributed by atoms with Crippen molar-refractivity contribution in [3.05, 3.63) is 29.3 Å². The summed E-state index contributed by atoms with van der Waals surface area (Å²) < 4.78 is 11.6. The van der Waals surface area contributed by atoms with Crippen LogP contribution in [0.1, 0.15) is 26.2 Å². The molecule has 27 heavy (non-hydrogen) atoms. The van der Waals surface area contributed by atoms with Crippen LogP contribution in [0.5, 0.6) is 5.75 Å². The number of aliphatic imine (C=N–C) groups is 1. The summed E-state index contributed by atoms with van der Waals surface area (Å²) >= 11 is 6.20. The average Bonchev–Trinajstić information content (AvgIpc) is 2.69. The molecule has 152 valence electrons. The summed E-state index contributed by atoms with van der Waals surface area (Å²) in [6, 6.07) is 7.56. The second-order valence-corrected chi connectivity index (χ2v) is 7.52. The first kappa shape index (κ1) is 21.8. The van der Waals surface area contributed by atoms with Crippen LogP contribution in [0.3, 0.4) is 0 Å². The van der Waals surface area contributed by atoms with Gasteiger partial charge in [0.25, 0.3) is 0 Å². The molecule has 2 rings (SSSR count). The van der Waals surface area contributed by atoms with Gasteiger partial charge in [0, 0.05) is 32.3 Å². The molecule has 1 unspecified atom stereocenters. The van der Waals surface area contributed by atoms with Crippen molar-refractivity contribution in [2.45, 2.75) is 37.8 Å². The Bertz CT molecular complexity index is 603. The molecule has 1 aromatic rings. The highest BCUT2D eigenvalue weighted by Crippen LogP contribution is 2.25. The summed E-state index contributed by atoms with van der Waals surface area (Å²) in [5, 5.41) is 7.48. The Kier molecular flexibility index (Phi) is 8.67. The second kappa shape index (κ2) is 10.7. The molecule has 0 spiro atoms. The average molecular weight is 397 g/mol. The predicted octanol–water partition coefficient (Wildman–Crippen LogP) is 2.77. The number of halogens is 1. The van der Waals surface area contributed by atoms with Crippen molar-refractivity contribution >= 4 is 17.6 Å². The van der Waals surface area contributed by atoms with Gasteiger partial charge in [0.15, 0.2) is 5.96 Å². The highest BCUT2D eigenvalue weighted by Gasteiger charge is 2.34. The first-order chi connectivity index (χ1) is 13.0. The minimum absolute atomic E-state index is 0.00865. The fourth-order valence-electron chi connectivity index (χ4n) is 3.20. The van der Waals surface area contributed by atoms with E-state index in [1.165, 1.54) is 0 Å². The van der Waals surface area contributed by atoms with Crippen LogP contribution in [0.2, 0.25) is 5.02 Å². The predicted molar refractivity (Wildman–Crippen MR) is 112 cm³/mol. The molecule has 1 saturated heterocycles. The number of hydrogen-bond acceptors (Lipinski definition) is 4. The molecule has 0 aromatic heterocycles. The van der Waals surface area contributed by atoms with Crippen molar-refractivity contribution in [3.8, 4) is 5.75 Å². The zero-order chi connectivity index (χ0) is 19.7. The molecule has 0 saturated carbocycles. The quantitative estimate of drug-likeness (QED) is 0.522. The van der Waals surface area contributed by atoms with E-state index in [2.05, 4.69) is 41.5 Å². The van der Waals surface area contributed by atoms with E-state index in [0.29, 0.717) is 17.3 Å². The number of nitrogens with one attached hydrogen (secondary N) is 2. The van der Waals surface area contributed by atoms with E-state index in [-0.39, 0.29) is 11.6 Å². The van der Waals surface area contributed by atoms with Crippen LogP contribution in [0.4, 0.5) is 0 Å². The topological polar surface area (TPSA) is 58.1 Å². The molecule has 1 heterocycles. The van der Waals surface area contributed by atoms with Gasteiger partial charge in [-0.05, 0) is 45.5 Å². The third-order valence-corrected chi connectivity index (χ3v) is 5.58. The van der Waals surface area contributed by atoms with Gasteiger partial charge in [0.1, 0.15) is 11.9 Å². The normalized spacial score (nSPS) is 18.2. The minimum Gasteiger partial charge on any atom is -0.487 e. The van der Waals surface area contributed by atoms with E-state index >= 15 is 0 Å². The number of benzene rings is 1. The number of guanidine groups is 1. The van der Waals surface area contributed by atoms with Crippen molar-refractivity contribution in [2.24, 2.45) is 4.99 Å². The Labute approximate surface area is 168 Å². The summed E-state index contributed by atoms with van der Waals surface area (Å²) in [6.45, 7) is 5.18. The molecule has 0 amide bonds. The van der Waals surface area contributed by atoms with Crippen LogP contribution >= 0.6 is 11.6 Å². The molecule has 0 aliphatic carbocycles. The number of nitrogens with zero attached hydrogens (tertiary/aromatic N) is 2. The van der Waals surface area contributed by atoms with E-state index in [1.54, 1.807) is 7.05 Å². The second-order valence-electron chi connectivity index (χ2n) is 7.12. The number of likely N-dealkylation sites (N-methyl/N-ethyl adjacent to an activating group) is 1. The summed E-state index contributed by atoms with van der Waals surface area (Å²) in [5.41, 5.74) is 0.0914. The molecule has 6 nitrogen and oxygen atoms in total. The van der Waals surface area contributed by atoms with E-state index in [0.717, 1.165) is 45.0 Å². The first-order valence-electron chi connectivity index (χ1n) is 9.61. The van der Waals surface area contributed by atoms with Crippen molar-refractivity contribution in [2.75, 3.05) is 47.4 Å². The molecule has 0 bridgehead atoms. The van der Waals surface area contributed by atoms with Crippen molar-refractivity contribution in [1.29, 1.82) is 0 Å². The van der Waals surface area contributed by atoms with Gasteiger partial charge < -0.3 is 25.0 Å². The maximum atomic E-state index is 6.20. The molecular weight excluding hydrogens is 364 g/mol. The minimum atomic E-state index is 0.00865. The molecule has 1 aliphatic rings. The highest BCUT2D eigenvalue weighted by atomic mass is 35.5. The standard InChI is InChI=1S/C20H33ClN4O2/c1-5-16(27-18-9-7-6-8-17(18)21)14-23-19(22-2)24-15-20(25(3)4)10-12-26-13-11-20/h6-9,16H,5,10-15H2,1-4H3,(H2,22,23,24). The van der Waals surface area contributed by atoms with Gasteiger partial charge in [-0.2, -0.15) is 0 Å². The van der Waals surface area contributed by atoms with Gasteiger partial charge in [0.05, 0.1) is 11.6 Å². The van der Waals surface area contributed by atoms with Crippen LogP contribution in [-0.4, -0.2) is 69.9 Å². The van der Waals surface area contributed by atoms with Crippen LogP contribution < -0.4 is 15.4 Å². The molecule has 7 heteroatoms. The summed E-state index contributed by atoms with van der Waals surface area (Å²) in [5.74, 6) is 1.49. The zero-order valence-corrected chi connectivity index (χ0v) is 17.7. The number of para-hydroxylation sites is 1. The SMILES string of the molecule is CCC(CNC(=NC)NCC1(N(C)C)CCOCC1)Oc1ccccc1Cl. The van der Waals surface area contributed by atoms with Crippen LogP contribution in [0.25, 0.3) is 0 Å². The number of rotatable bonds is 8. The number of hydrogen-bond donors (Lipinski definition) is 2. The van der Waals surface area contributed by atoms with E-state index in [9.17, 15) is 0 Å². The van der Waals surface area contributed by atoms with Gasteiger partial charge >= 0.3 is 0 Å². The molecule has 1 aromatic carbocycles. The largest absolute Gasteiger partial charge is 0.487 e. The third-order valence-electron chi connectivity index (χ3n) is 5.26. The van der Waals surface area contributed by atoms with Gasteiger partial charge in [-0.15, -0.1) is 0 Å². The van der Waals surface area contributed by atoms with E-state index in [1.807, 2.05) is 24.3 Å². The summed E-state index contributed by atoms with van der Waals surface area (Å²) in [4.78, 5) is 6.65. The van der Waals surface area contributed by atoms with Crippen molar-refractivity contribution < 1.29 is 9.47 Å². The van der Waals surface area contributed by atoms with Gasteiger partial charge in [-0.1, -0.05) is 30.7 Å². The zero-order valence-electron chi connectivity index (χ0n) is 16.9. The monoisotopic (exact) mass is 396 g/mol. The van der Waals surface area contributed by atoms with Gasteiger partial charge in [0.2, 0.25) is 0 Å². The van der Waals surface area contributed by atoms with Crippen molar-refractivity contribution in [1.82, 2.24) is 15.5 Å². The lowest BCUT2D eigenvalue weighted by Gasteiger charge is -2.43. The molecule has 2 N–H and O–H groups in total. The third kappa shape index (κ3) is 6.26. The lowest BCUT2D eigenvalue weighted by atomic mass is 9.88. The molecule has 1 atom stereocenters. The highest BCUT2D eigenvalue weighted by molar-refractivity contribution is 6.32. The van der Waals surface area contributed by atoms with Crippen molar-refractivity contribution in [3.63, 3.8) is 0 Å². The molecule has 0 radical (unpaired) electrons. The summed E-state index contributed by atoms with van der Waals surface area (Å²) in [6.07, 6.45) is 2.90. The van der Waals surface area contributed by atoms with Gasteiger partial charge in [-0.3, -0.25) is 4.99 Å². The maximum Gasteiger partial charge on any atom is 0.191 e. The Morgan fingerprint density at radius 3 is 2.59 bits per heavy atom. The fourth-order valence-corrected chi connectivity index (χ4v) is 3.38. The Morgan fingerprint density at radius 2 is 2.00 bits per heavy atom. The van der Waals surface area contributed by atoms with Crippen LogP contribution in [-0.2, 0) is 4.74 Å². The molecular formula is C20H33ClN4O2. The smallest absolute Gasteiger partial charge is 0.191 e. The Morgan fingerprint density at radius 1 is 1.30 bits per heavy atom. The summed E-state index contributed by atoms with van der Waals surface area (Å²) in [7, 11) is 6.05. The first-order valence-corrected chi connectivity index (χ1v) is 9.99. The Balaban J connectivity index is 1.87.